The molecule has 150 valence electrons. The highest BCUT2D eigenvalue weighted by Crippen LogP contribution is 2.23. The zero-order valence-electron chi connectivity index (χ0n) is 16.4. The van der Waals surface area contributed by atoms with E-state index in [2.05, 4.69) is 20.4 Å². The molecule has 1 aromatic carbocycles. The van der Waals surface area contributed by atoms with Crippen molar-refractivity contribution in [2.75, 3.05) is 5.32 Å². The summed E-state index contributed by atoms with van der Waals surface area (Å²) in [4.78, 5) is 21.5. The van der Waals surface area contributed by atoms with Crippen LogP contribution in [0.4, 0.5) is 5.69 Å². The van der Waals surface area contributed by atoms with Crippen LogP contribution in [0.2, 0.25) is 0 Å². The minimum Gasteiger partial charge on any atom is -0.439 e. The molecule has 7 nitrogen and oxygen atoms in total. The third-order valence-electron chi connectivity index (χ3n) is 4.14. The van der Waals surface area contributed by atoms with Gasteiger partial charge in [-0.1, -0.05) is 6.07 Å². The van der Waals surface area contributed by atoms with Gasteiger partial charge < -0.3 is 10.1 Å². The number of aromatic nitrogens is 4. The fourth-order valence-electron chi connectivity index (χ4n) is 2.82. The number of rotatable bonds is 6. The molecule has 3 heterocycles. The van der Waals surface area contributed by atoms with Crippen LogP contribution in [-0.4, -0.2) is 25.7 Å². The lowest BCUT2D eigenvalue weighted by atomic mass is 10.3. The molecule has 1 amide bonds. The summed E-state index contributed by atoms with van der Waals surface area (Å²) in [6.07, 6.45) is 4.74. The molecule has 0 aliphatic carbocycles. The molecule has 8 heteroatoms. The summed E-state index contributed by atoms with van der Waals surface area (Å²) in [5.41, 5.74) is 2.57. The molecular weight excluding hydrogens is 398 g/mol. The van der Waals surface area contributed by atoms with E-state index in [1.807, 2.05) is 37.4 Å². The highest BCUT2D eigenvalue weighted by molar-refractivity contribution is 7.10. The molecule has 0 spiro atoms. The molecular formula is C22H19N5O2S. The van der Waals surface area contributed by atoms with E-state index in [1.165, 1.54) is 12.4 Å². The van der Waals surface area contributed by atoms with Gasteiger partial charge in [-0.25, -0.2) is 14.6 Å². The molecule has 4 rings (SSSR count). The predicted octanol–water partition coefficient (Wildman–Crippen LogP) is 4.78. The van der Waals surface area contributed by atoms with E-state index in [0.717, 1.165) is 16.3 Å². The van der Waals surface area contributed by atoms with E-state index >= 15 is 0 Å². The number of aryl methyl sites for hydroxylation is 2. The monoisotopic (exact) mass is 417 g/mol. The molecule has 0 saturated carbocycles. The normalized spacial score (nSPS) is 11.0. The minimum absolute atomic E-state index is 0.192. The van der Waals surface area contributed by atoms with Crippen LogP contribution < -0.4 is 10.1 Å². The SMILES string of the molecule is Cc1cc(C)n(-c2cc(Oc3ccc(NC(=O)/C=C/c4cccs4)cc3)ncn2)n1. The number of nitrogens with one attached hydrogen (secondary N) is 1. The number of carbonyl (C=O) groups is 1. The van der Waals surface area contributed by atoms with Crippen molar-refractivity contribution in [3.8, 4) is 17.4 Å². The molecule has 0 fully saturated rings. The first-order valence-electron chi connectivity index (χ1n) is 9.23. The largest absolute Gasteiger partial charge is 0.439 e. The second-order valence-corrected chi connectivity index (χ2v) is 7.50. The molecule has 0 saturated heterocycles. The number of ether oxygens (including phenoxy) is 1. The molecule has 30 heavy (non-hydrogen) atoms. The Bertz CT molecular complexity index is 1180. The highest BCUT2D eigenvalue weighted by atomic mass is 32.1. The summed E-state index contributed by atoms with van der Waals surface area (Å²) in [6.45, 7) is 3.89. The Hall–Kier alpha value is -3.78. The lowest BCUT2D eigenvalue weighted by Gasteiger charge is -2.08. The smallest absolute Gasteiger partial charge is 0.248 e. The first kappa shape index (κ1) is 19.5. The summed E-state index contributed by atoms with van der Waals surface area (Å²) in [5, 5.41) is 9.21. The quantitative estimate of drug-likeness (QED) is 0.456. The molecule has 0 aliphatic heterocycles. The Labute approximate surface area is 177 Å². The second kappa shape index (κ2) is 8.71. The number of carbonyl (C=O) groups excluding carboxylic acids is 1. The van der Waals surface area contributed by atoms with Crippen LogP contribution in [0.1, 0.15) is 16.3 Å². The van der Waals surface area contributed by atoms with Crippen LogP contribution >= 0.6 is 11.3 Å². The highest BCUT2D eigenvalue weighted by Gasteiger charge is 2.08. The van der Waals surface area contributed by atoms with Crippen molar-refractivity contribution >= 4 is 29.0 Å². The van der Waals surface area contributed by atoms with Gasteiger partial charge in [-0.2, -0.15) is 5.10 Å². The van der Waals surface area contributed by atoms with Gasteiger partial charge in [0.2, 0.25) is 11.8 Å². The van der Waals surface area contributed by atoms with Crippen molar-refractivity contribution in [1.29, 1.82) is 0 Å². The van der Waals surface area contributed by atoms with Crippen molar-refractivity contribution in [1.82, 2.24) is 19.7 Å². The average molecular weight is 417 g/mol. The third kappa shape index (κ3) is 4.79. The van der Waals surface area contributed by atoms with Crippen molar-refractivity contribution in [2.24, 2.45) is 0 Å². The van der Waals surface area contributed by atoms with Crippen LogP contribution in [0, 0.1) is 13.8 Å². The van der Waals surface area contributed by atoms with Gasteiger partial charge >= 0.3 is 0 Å². The van der Waals surface area contributed by atoms with E-state index in [0.29, 0.717) is 23.1 Å². The van der Waals surface area contributed by atoms with Crippen LogP contribution in [0.15, 0.2) is 66.3 Å². The Morgan fingerprint density at radius 3 is 2.67 bits per heavy atom. The number of hydrogen-bond donors (Lipinski definition) is 1. The molecule has 0 atom stereocenters. The summed E-state index contributed by atoms with van der Waals surface area (Å²) in [7, 11) is 0. The van der Waals surface area contributed by atoms with Crippen molar-refractivity contribution in [2.45, 2.75) is 13.8 Å². The number of hydrogen-bond acceptors (Lipinski definition) is 6. The van der Waals surface area contributed by atoms with Crippen molar-refractivity contribution in [3.05, 3.63) is 82.6 Å². The molecule has 0 unspecified atom stereocenters. The molecule has 0 aliphatic rings. The summed E-state index contributed by atoms with van der Waals surface area (Å²) in [5.74, 6) is 1.44. The summed E-state index contributed by atoms with van der Waals surface area (Å²) >= 11 is 1.58. The first-order chi connectivity index (χ1) is 14.6. The molecule has 0 bridgehead atoms. The van der Waals surface area contributed by atoms with Crippen molar-refractivity contribution in [3.63, 3.8) is 0 Å². The van der Waals surface area contributed by atoms with E-state index in [9.17, 15) is 4.79 Å². The third-order valence-corrected chi connectivity index (χ3v) is 4.98. The van der Waals surface area contributed by atoms with Gasteiger partial charge in [-0.15, -0.1) is 11.3 Å². The molecule has 3 aromatic heterocycles. The van der Waals surface area contributed by atoms with Gasteiger partial charge in [0.15, 0.2) is 5.82 Å². The van der Waals surface area contributed by atoms with Crippen LogP contribution in [0.3, 0.4) is 0 Å². The standard InChI is InChI=1S/C22H19N5O2S/c1-15-12-16(2)27(26-15)20-13-22(24-14-23-20)29-18-7-5-17(6-8-18)25-21(28)10-9-19-4-3-11-30-19/h3-14H,1-2H3,(H,25,28)/b10-9+. The van der Waals surface area contributed by atoms with Gasteiger partial charge in [0, 0.05) is 28.4 Å². The molecule has 4 aromatic rings. The van der Waals surface area contributed by atoms with Gasteiger partial charge in [0.1, 0.15) is 12.1 Å². The second-order valence-electron chi connectivity index (χ2n) is 6.52. The number of benzene rings is 1. The number of amides is 1. The maximum Gasteiger partial charge on any atom is 0.248 e. The van der Waals surface area contributed by atoms with Crippen LogP contribution in [0.5, 0.6) is 11.6 Å². The van der Waals surface area contributed by atoms with Gasteiger partial charge in [-0.3, -0.25) is 4.79 Å². The predicted molar refractivity (Wildman–Crippen MR) is 117 cm³/mol. The molecule has 1 N–H and O–H groups in total. The first-order valence-corrected chi connectivity index (χ1v) is 10.1. The molecule has 0 radical (unpaired) electrons. The number of nitrogens with zero attached hydrogens (tertiary/aromatic N) is 4. The minimum atomic E-state index is -0.192. The lowest BCUT2D eigenvalue weighted by molar-refractivity contribution is -0.111. The summed E-state index contributed by atoms with van der Waals surface area (Å²) in [6, 6.07) is 14.7. The topological polar surface area (TPSA) is 81.9 Å². The summed E-state index contributed by atoms with van der Waals surface area (Å²) < 4.78 is 7.57. The van der Waals surface area contributed by atoms with Gasteiger partial charge in [0.25, 0.3) is 0 Å². The van der Waals surface area contributed by atoms with Gasteiger partial charge in [-0.05, 0) is 61.7 Å². The fourth-order valence-corrected chi connectivity index (χ4v) is 3.44. The fraction of sp³-hybridized carbons (Fsp3) is 0.0909. The Balaban J connectivity index is 1.41. The van der Waals surface area contributed by atoms with Crippen molar-refractivity contribution < 1.29 is 9.53 Å². The van der Waals surface area contributed by atoms with Gasteiger partial charge in [0.05, 0.1) is 5.69 Å². The zero-order chi connectivity index (χ0) is 20.9. The lowest BCUT2D eigenvalue weighted by Crippen LogP contribution is -2.07. The maximum atomic E-state index is 12.0. The Kier molecular flexibility index (Phi) is 5.67. The van der Waals surface area contributed by atoms with E-state index < -0.39 is 0 Å². The van der Waals surface area contributed by atoms with Crippen LogP contribution in [-0.2, 0) is 4.79 Å². The zero-order valence-corrected chi connectivity index (χ0v) is 17.3. The van der Waals surface area contributed by atoms with Crippen LogP contribution in [0.25, 0.3) is 11.9 Å². The number of thiophene rings is 1. The number of anilines is 1. The van der Waals surface area contributed by atoms with E-state index in [-0.39, 0.29) is 5.91 Å². The average Bonchev–Trinajstić information content (AvgIpc) is 3.37. The van der Waals surface area contributed by atoms with E-state index in [4.69, 9.17) is 4.74 Å². The van der Waals surface area contributed by atoms with E-state index in [1.54, 1.807) is 52.4 Å². The maximum absolute atomic E-state index is 12.0. The Morgan fingerprint density at radius 2 is 1.97 bits per heavy atom. The Morgan fingerprint density at radius 1 is 1.13 bits per heavy atom.